The Morgan fingerprint density at radius 2 is 1.51 bits per heavy atom. The summed E-state index contributed by atoms with van der Waals surface area (Å²) >= 11 is 8.00. The molecule has 2 amide bonds. The second-order valence-corrected chi connectivity index (χ2v) is 24.9. The fourth-order valence-electron chi connectivity index (χ4n) is 10.7. The van der Waals surface area contributed by atoms with Gasteiger partial charge in [0, 0.05) is 111 Å². The number of nitrogens with zero attached hydrogens (tertiary/aromatic N) is 6. The number of benzene rings is 4. The highest BCUT2D eigenvalue weighted by molar-refractivity contribution is 7.99. The quantitative estimate of drug-likeness (QED) is 0.0551. The van der Waals surface area contributed by atoms with E-state index in [2.05, 4.69) is 48.7 Å². The van der Waals surface area contributed by atoms with Gasteiger partial charge in [0.2, 0.25) is 0 Å². The number of nitrogens with one attached hydrogen (secondary N) is 2. The fourth-order valence-corrected chi connectivity index (χ4v) is 12.8. The van der Waals surface area contributed by atoms with Gasteiger partial charge >= 0.3 is 6.09 Å². The number of carbonyl (C=O) groups is 2. The third kappa shape index (κ3) is 15.2. The van der Waals surface area contributed by atoms with Crippen LogP contribution in [0.4, 0.5) is 21.9 Å². The van der Waals surface area contributed by atoms with E-state index in [1.807, 2.05) is 80.3 Å². The first-order valence-corrected chi connectivity index (χ1v) is 29.0. The predicted molar refractivity (Wildman–Crippen MR) is 297 cm³/mol. The Hall–Kier alpha value is -5.17. The van der Waals surface area contributed by atoms with E-state index in [4.69, 9.17) is 16.3 Å². The predicted octanol–water partition coefficient (Wildman–Crippen LogP) is 10.1. The van der Waals surface area contributed by atoms with Gasteiger partial charge in [0.15, 0.2) is 0 Å². The van der Waals surface area contributed by atoms with Gasteiger partial charge in [-0.1, -0.05) is 60.9 Å². The van der Waals surface area contributed by atoms with Crippen molar-refractivity contribution in [2.24, 2.45) is 5.41 Å². The number of allylic oxidation sites excluding steroid dienone is 1. The number of hydrogen-bond acceptors (Lipinski definition) is 13. The van der Waals surface area contributed by atoms with Crippen molar-refractivity contribution < 1.29 is 27.7 Å². The van der Waals surface area contributed by atoms with E-state index in [0.717, 1.165) is 132 Å². The van der Waals surface area contributed by atoms with Gasteiger partial charge in [0.05, 0.1) is 9.82 Å². The molecule has 8 rings (SSSR count). The van der Waals surface area contributed by atoms with E-state index in [1.54, 1.807) is 23.9 Å². The summed E-state index contributed by atoms with van der Waals surface area (Å²) in [6.07, 6.45) is 7.09. The molecule has 2 unspecified atom stereocenters. The molecule has 4 aromatic rings. The van der Waals surface area contributed by atoms with Crippen molar-refractivity contribution in [1.29, 1.82) is 0 Å². The Balaban J connectivity index is 0.864. The number of amides is 2. The molecule has 74 heavy (non-hydrogen) atoms. The van der Waals surface area contributed by atoms with Crippen LogP contribution in [0.1, 0.15) is 88.6 Å². The number of carbonyl (C=O) groups excluding carboxylic acids is 2. The van der Waals surface area contributed by atoms with Gasteiger partial charge in [0.25, 0.3) is 21.6 Å². The molecule has 0 saturated carbocycles. The smallest absolute Gasteiger partial charge is 0.410 e. The maximum atomic E-state index is 13.6. The van der Waals surface area contributed by atoms with Crippen molar-refractivity contribution in [3.05, 3.63) is 129 Å². The molecule has 398 valence electrons. The molecule has 2 atom stereocenters. The molecular weight excluding hydrogens is 996 g/mol. The summed E-state index contributed by atoms with van der Waals surface area (Å²) in [6.45, 7) is 19.0. The van der Waals surface area contributed by atoms with Crippen LogP contribution in [-0.2, 0) is 14.8 Å². The number of halogens is 1. The highest BCUT2D eigenvalue weighted by Crippen LogP contribution is 2.44. The topological polar surface area (TPSA) is 161 Å². The molecule has 3 aliphatic heterocycles. The van der Waals surface area contributed by atoms with Crippen LogP contribution >= 0.6 is 23.4 Å². The number of rotatable bonds is 18. The molecule has 0 spiro atoms. The normalized spacial score (nSPS) is 20.0. The number of ether oxygens (including phenoxy) is 1. The van der Waals surface area contributed by atoms with Crippen molar-refractivity contribution >= 4 is 68.0 Å². The largest absolute Gasteiger partial charge is 0.444 e. The summed E-state index contributed by atoms with van der Waals surface area (Å²) in [7, 11) is -4.47. The summed E-state index contributed by atoms with van der Waals surface area (Å²) in [5.41, 5.74) is 4.56. The number of piperazine rings is 2. The lowest BCUT2D eigenvalue weighted by Crippen LogP contribution is -2.52. The summed E-state index contributed by atoms with van der Waals surface area (Å²) in [6, 6.07) is 28.7. The average molecular weight is 1070 g/mol. The Morgan fingerprint density at radius 3 is 2.18 bits per heavy atom. The Bertz CT molecular complexity index is 2700. The lowest BCUT2D eigenvalue weighted by molar-refractivity contribution is -0.384. The fraction of sp³-hybridized carbons (Fsp3) is 0.500. The van der Waals surface area contributed by atoms with Crippen LogP contribution in [-0.4, -0.2) is 147 Å². The van der Waals surface area contributed by atoms with E-state index in [0.29, 0.717) is 18.8 Å². The van der Waals surface area contributed by atoms with Crippen LogP contribution in [0.3, 0.4) is 0 Å². The average Bonchev–Trinajstić information content (AvgIpc) is 3.38. The van der Waals surface area contributed by atoms with Crippen LogP contribution < -0.4 is 14.9 Å². The standard InChI is InChI=1S/C56H73ClN8O7S2/c1-55(2,3)72-54(67)64-35-31-62(32-36-64)41-56(4)25-23-50(42-13-17-45(57)18-14-42)44(38-56)39-61-29-33-63(34-30-61)47-19-15-43(16-20-47)53(66)59-74(70,71)49-21-22-51(52(37-49)65(68)69)58-46(24-28-60-26-9-6-10-27-60)40-73-48-11-7-5-8-12-48/h5,7-8,11-22,37,46,58H,6,9-10,23-36,38-41H2,1-4H3,(H,59,66). The van der Waals surface area contributed by atoms with E-state index in [9.17, 15) is 28.1 Å². The molecule has 0 radical (unpaired) electrons. The van der Waals surface area contributed by atoms with Gasteiger partial charge in [-0.15, -0.1) is 11.8 Å². The number of piperidine rings is 1. The lowest BCUT2D eigenvalue weighted by Gasteiger charge is -2.44. The molecule has 3 saturated heterocycles. The molecule has 4 aromatic carbocycles. The zero-order chi connectivity index (χ0) is 52.5. The summed E-state index contributed by atoms with van der Waals surface area (Å²) < 4.78 is 35.0. The van der Waals surface area contributed by atoms with Crippen molar-refractivity contribution in [3.63, 3.8) is 0 Å². The summed E-state index contributed by atoms with van der Waals surface area (Å²) in [5, 5.41) is 16.5. The summed E-state index contributed by atoms with van der Waals surface area (Å²) in [4.78, 5) is 50.3. The van der Waals surface area contributed by atoms with Gasteiger partial charge in [0.1, 0.15) is 11.3 Å². The molecule has 0 aromatic heterocycles. The second-order valence-electron chi connectivity index (χ2n) is 21.7. The van der Waals surface area contributed by atoms with Crippen LogP contribution in [0.15, 0.2) is 112 Å². The minimum absolute atomic E-state index is 0.0763. The Labute approximate surface area is 447 Å². The minimum Gasteiger partial charge on any atom is -0.444 e. The molecule has 4 aliphatic rings. The Kier molecular flexibility index (Phi) is 18.4. The molecule has 3 heterocycles. The molecule has 18 heteroatoms. The van der Waals surface area contributed by atoms with E-state index < -0.39 is 26.5 Å². The van der Waals surface area contributed by atoms with Crippen LogP contribution in [0.5, 0.6) is 0 Å². The van der Waals surface area contributed by atoms with Crippen LogP contribution in [0, 0.1) is 15.5 Å². The first-order valence-electron chi connectivity index (χ1n) is 26.2. The molecule has 3 fully saturated rings. The highest BCUT2D eigenvalue weighted by atomic mass is 35.5. The van der Waals surface area contributed by atoms with Gasteiger partial charge in [-0.25, -0.2) is 17.9 Å². The molecular formula is C56H73ClN8O7S2. The first kappa shape index (κ1) is 55.1. The first-order chi connectivity index (χ1) is 35.4. The SMILES string of the molecule is CC1(CN2CCN(C(=O)OC(C)(C)C)CC2)CCC(c2ccc(Cl)cc2)=C(CN2CCN(c3ccc(C(=O)NS(=O)(=O)c4ccc(NC(CCN5CCCCC5)CSc5ccccc5)c([N+](=O)[O-])c4)cc3)CC2)C1. The molecule has 1 aliphatic carbocycles. The zero-order valence-electron chi connectivity index (χ0n) is 43.4. The zero-order valence-corrected chi connectivity index (χ0v) is 45.8. The van der Waals surface area contributed by atoms with E-state index >= 15 is 0 Å². The third-order valence-corrected chi connectivity index (χ3v) is 17.4. The number of sulfonamides is 1. The van der Waals surface area contributed by atoms with Gasteiger partial charge in [-0.05, 0) is 150 Å². The monoisotopic (exact) mass is 1070 g/mol. The number of nitro groups is 1. The Morgan fingerprint density at radius 1 is 0.838 bits per heavy atom. The van der Waals surface area contributed by atoms with Gasteiger partial charge < -0.3 is 24.8 Å². The number of anilines is 2. The number of hydrogen-bond donors (Lipinski definition) is 2. The number of likely N-dealkylation sites (tertiary alicyclic amines) is 1. The number of thioether (sulfide) groups is 1. The van der Waals surface area contributed by atoms with Crippen LogP contribution in [0.25, 0.3) is 5.57 Å². The molecule has 15 nitrogen and oxygen atoms in total. The maximum absolute atomic E-state index is 13.6. The number of nitro benzene ring substituents is 1. The van der Waals surface area contributed by atoms with Gasteiger partial charge in [-0.2, -0.15) is 0 Å². The maximum Gasteiger partial charge on any atom is 0.410 e. The second kappa shape index (κ2) is 24.7. The lowest BCUT2D eigenvalue weighted by atomic mass is 9.71. The van der Waals surface area contributed by atoms with Crippen molar-refractivity contribution in [2.75, 3.05) is 101 Å². The van der Waals surface area contributed by atoms with Crippen LogP contribution in [0.2, 0.25) is 5.02 Å². The minimum atomic E-state index is -4.47. The van der Waals surface area contributed by atoms with Crippen molar-refractivity contribution in [2.45, 2.75) is 94.1 Å². The van der Waals surface area contributed by atoms with E-state index in [-0.39, 0.29) is 39.4 Å². The van der Waals surface area contributed by atoms with Crippen molar-refractivity contribution in [3.8, 4) is 0 Å². The van der Waals surface area contributed by atoms with Crippen molar-refractivity contribution in [1.82, 2.24) is 24.3 Å². The highest BCUT2D eigenvalue weighted by Gasteiger charge is 2.36. The van der Waals surface area contributed by atoms with E-state index in [1.165, 1.54) is 35.3 Å². The summed E-state index contributed by atoms with van der Waals surface area (Å²) in [5.74, 6) is -0.165. The molecule has 0 bridgehead atoms. The molecule has 2 N–H and O–H groups in total. The third-order valence-electron chi connectivity index (χ3n) is 14.6. The van der Waals surface area contributed by atoms with Gasteiger partial charge in [-0.3, -0.25) is 24.7 Å².